The monoisotopic (exact) mass is 263 g/mol. The summed E-state index contributed by atoms with van der Waals surface area (Å²) < 4.78 is 5.32. The van der Waals surface area contributed by atoms with Crippen molar-refractivity contribution in [3.05, 3.63) is 23.5 Å². The third kappa shape index (κ3) is 4.18. The molecular weight excluding hydrogens is 238 g/mol. The molecule has 1 aromatic rings. The minimum Gasteiger partial charge on any atom is -0.497 e. The lowest BCUT2D eigenvalue weighted by molar-refractivity contribution is 0.165. The average Bonchev–Trinajstić information content (AvgIpc) is 2.39. The van der Waals surface area contributed by atoms with Crippen molar-refractivity contribution in [2.24, 2.45) is 5.92 Å². The molecule has 1 unspecified atom stereocenters. The second kappa shape index (κ2) is 6.87. The van der Waals surface area contributed by atoms with Gasteiger partial charge in [-0.05, 0) is 45.8 Å². The summed E-state index contributed by atoms with van der Waals surface area (Å²) in [6, 6.07) is 4.03. The molecule has 0 saturated carbocycles. The number of hydrogen-bond acceptors (Lipinski definition) is 4. The number of likely N-dealkylation sites (tertiary alicyclic amines) is 1. The number of nitrogens with one attached hydrogen (secondary N) is 1. The molecule has 1 atom stereocenters. The summed E-state index contributed by atoms with van der Waals surface area (Å²) in [6.07, 6.45) is 2.62. The van der Waals surface area contributed by atoms with Crippen LogP contribution in [0, 0.1) is 12.8 Å². The largest absolute Gasteiger partial charge is 0.497 e. The molecule has 1 saturated heterocycles. The van der Waals surface area contributed by atoms with Gasteiger partial charge in [0.25, 0.3) is 0 Å². The Morgan fingerprint density at radius 2 is 2.32 bits per heavy atom. The van der Waals surface area contributed by atoms with Crippen molar-refractivity contribution in [1.82, 2.24) is 15.2 Å². The lowest BCUT2D eigenvalue weighted by atomic mass is 9.98. The molecule has 0 spiro atoms. The molecule has 1 aromatic heterocycles. The van der Waals surface area contributed by atoms with Gasteiger partial charge in [-0.2, -0.15) is 0 Å². The van der Waals surface area contributed by atoms with Crippen molar-refractivity contribution in [3.63, 3.8) is 0 Å². The van der Waals surface area contributed by atoms with Gasteiger partial charge in [0, 0.05) is 30.9 Å². The maximum absolute atomic E-state index is 5.32. The van der Waals surface area contributed by atoms with Crippen molar-refractivity contribution >= 4 is 0 Å². The molecule has 1 fully saturated rings. The van der Waals surface area contributed by atoms with Gasteiger partial charge in [-0.15, -0.1) is 0 Å². The van der Waals surface area contributed by atoms with E-state index in [2.05, 4.69) is 21.3 Å². The van der Waals surface area contributed by atoms with Crippen LogP contribution >= 0.6 is 0 Å². The Labute approximate surface area is 116 Å². The van der Waals surface area contributed by atoms with E-state index in [1.54, 1.807) is 7.11 Å². The zero-order valence-electron chi connectivity index (χ0n) is 12.3. The number of hydrogen-bond donors (Lipinski definition) is 1. The molecule has 2 heterocycles. The van der Waals surface area contributed by atoms with E-state index in [9.17, 15) is 0 Å². The van der Waals surface area contributed by atoms with Crippen LogP contribution in [0.15, 0.2) is 12.1 Å². The first-order valence-corrected chi connectivity index (χ1v) is 7.09. The predicted octanol–water partition coefficient (Wildman–Crippen LogP) is 1.83. The minimum absolute atomic E-state index is 0.769. The van der Waals surface area contributed by atoms with Crippen LogP contribution in [0.3, 0.4) is 0 Å². The highest BCUT2D eigenvalue weighted by Crippen LogP contribution is 2.19. The Hall–Kier alpha value is -1.13. The molecule has 1 N–H and O–H groups in total. The molecule has 0 radical (unpaired) electrons. The number of pyridine rings is 1. The lowest BCUT2D eigenvalue weighted by Crippen LogP contribution is -2.38. The first-order valence-electron chi connectivity index (χ1n) is 7.09. The summed E-state index contributed by atoms with van der Waals surface area (Å²) in [4.78, 5) is 7.12. The first kappa shape index (κ1) is 14.3. The van der Waals surface area contributed by atoms with Gasteiger partial charge in [0.2, 0.25) is 0 Å². The van der Waals surface area contributed by atoms with Crippen LogP contribution in [0.1, 0.15) is 24.2 Å². The molecular formula is C15H25N3O. The maximum Gasteiger partial charge on any atom is 0.122 e. The number of aromatic nitrogens is 1. The van der Waals surface area contributed by atoms with Crippen LogP contribution in [-0.4, -0.2) is 43.7 Å². The third-order valence-electron chi connectivity index (χ3n) is 3.70. The van der Waals surface area contributed by atoms with Crippen molar-refractivity contribution in [2.45, 2.75) is 26.3 Å². The van der Waals surface area contributed by atoms with E-state index >= 15 is 0 Å². The molecule has 19 heavy (non-hydrogen) atoms. The molecule has 4 nitrogen and oxygen atoms in total. The summed E-state index contributed by atoms with van der Waals surface area (Å²) in [7, 11) is 3.74. The van der Waals surface area contributed by atoms with Crippen molar-refractivity contribution in [1.29, 1.82) is 0 Å². The van der Waals surface area contributed by atoms with Gasteiger partial charge in [-0.1, -0.05) is 0 Å². The Morgan fingerprint density at radius 1 is 1.47 bits per heavy atom. The molecule has 106 valence electrons. The van der Waals surface area contributed by atoms with Crippen LogP contribution in [0.2, 0.25) is 0 Å². The fourth-order valence-electron chi connectivity index (χ4n) is 2.88. The molecule has 1 aliphatic rings. The summed E-state index contributed by atoms with van der Waals surface area (Å²) in [6.45, 7) is 6.41. The molecule has 1 aliphatic heterocycles. The van der Waals surface area contributed by atoms with E-state index in [1.165, 1.54) is 25.9 Å². The van der Waals surface area contributed by atoms with Crippen LogP contribution in [0.25, 0.3) is 0 Å². The van der Waals surface area contributed by atoms with Gasteiger partial charge in [0.15, 0.2) is 0 Å². The predicted molar refractivity (Wildman–Crippen MR) is 77.5 cm³/mol. The second-order valence-corrected chi connectivity index (χ2v) is 5.44. The molecule has 0 aliphatic carbocycles. The van der Waals surface area contributed by atoms with Crippen molar-refractivity contribution < 1.29 is 4.74 Å². The molecule has 0 bridgehead atoms. The SMILES string of the molecule is CNCC1CCCN(Cc2cc(OC)cc(C)n2)C1. The van der Waals surface area contributed by atoms with Gasteiger partial charge in [0.05, 0.1) is 12.8 Å². The Morgan fingerprint density at radius 3 is 3.05 bits per heavy atom. The fraction of sp³-hybridized carbons (Fsp3) is 0.667. The highest BCUT2D eigenvalue weighted by atomic mass is 16.5. The molecule has 0 aromatic carbocycles. The van der Waals surface area contributed by atoms with Crippen LogP contribution in [0.5, 0.6) is 5.75 Å². The molecule has 2 rings (SSSR count). The van der Waals surface area contributed by atoms with Crippen LogP contribution < -0.4 is 10.1 Å². The molecule has 4 heteroatoms. The highest BCUT2D eigenvalue weighted by Gasteiger charge is 2.19. The van der Waals surface area contributed by atoms with Crippen molar-refractivity contribution in [2.75, 3.05) is 33.8 Å². The summed E-state index contributed by atoms with van der Waals surface area (Å²) in [5.74, 6) is 1.68. The Bertz CT molecular complexity index is 406. The Balaban J connectivity index is 1.98. The van der Waals surface area contributed by atoms with Gasteiger partial charge < -0.3 is 10.1 Å². The van der Waals surface area contributed by atoms with Gasteiger partial charge in [0.1, 0.15) is 5.75 Å². The van der Waals surface area contributed by atoms with Crippen LogP contribution in [0.4, 0.5) is 0 Å². The van der Waals surface area contributed by atoms with E-state index < -0.39 is 0 Å². The van der Waals surface area contributed by atoms with Crippen molar-refractivity contribution in [3.8, 4) is 5.75 Å². The van der Waals surface area contributed by atoms with Gasteiger partial charge in [-0.25, -0.2) is 0 Å². The van der Waals surface area contributed by atoms with Gasteiger partial charge >= 0.3 is 0 Å². The number of ether oxygens (including phenoxy) is 1. The lowest BCUT2D eigenvalue weighted by Gasteiger charge is -2.32. The first-order chi connectivity index (χ1) is 9.21. The quantitative estimate of drug-likeness (QED) is 0.879. The van der Waals surface area contributed by atoms with Crippen LogP contribution in [-0.2, 0) is 6.54 Å². The zero-order chi connectivity index (χ0) is 13.7. The van der Waals surface area contributed by atoms with Gasteiger partial charge in [-0.3, -0.25) is 9.88 Å². The zero-order valence-corrected chi connectivity index (χ0v) is 12.3. The number of piperidine rings is 1. The highest BCUT2D eigenvalue weighted by molar-refractivity contribution is 5.26. The Kier molecular flexibility index (Phi) is 5.16. The average molecular weight is 263 g/mol. The summed E-state index contributed by atoms with van der Waals surface area (Å²) in [5, 5.41) is 3.29. The van der Waals surface area contributed by atoms with E-state index in [-0.39, 0.29) is 0 Å². The topological polar surface area (TPSA) is 37.4 Å². The minimum atomic E-state index is 0.769. The second-order valence-electron chi connectivity index (χ2n) is 5.44. The number of aryl methyl sites for hydroxylation is 1. The number of rotatable bonds is 5. The number of nitrogens with zero attached hydrogens (tertiary/aromatic N) is 2. The smallest absolute Gasteiger partial charge is 0.122 e. The van der Waals surface area contributed by atoms with E-state index in [0.29, 0.717) is 0 Å². The van der Waals surface area contributed by atoms with E-state index in [0.717, 1.165) is 36.1 Å². The van der Waals surface area contributed by atoms with E-state index in [1.807, 2.05) is 20.0 Å². The summed E-state index contributed by atoms with van der Waals surface area (Å²) in [5.41, 5.74) is 2.14. The summed E-state index contributed by atoms with van der Waals surface area (Å²) >= 11 is 0. The third-order valence-corrected chi connectivity index (χ3v) is 3.70. The van der Waals surface area contributed by atoms with E-state index in [4.69, 9.17) is 4.74 Å². The number of methoxy groups -OCH3 is 1. The molecule has 0 amide bonds. The fourth-order valence-corrected chi connectivity index (χ4v) is 2.88. The standard InChI is InChI=1S/C15H25N3O/c1-12-7-15(19-3)8-14(17-12)11-18-6-4-5-13(10-18)9-16-2/h7-8,13,16H,4-6,9-11H2,1-3H3. The maximum atomic E-state index is 5.32. The normalized spacial score (nSPS) is 20.5.